The van der Waals surface area contributed by atoms with Gasteiger partial charge in [-0.2, -0.15) is 0 Å². The third-order valence-corrected chi connectivity index (χ3v) is 3.89. The van der Waals surface area contributed by atoms with Gasteiger partial charge in [-0.25, -0.2) is 0 Å². The number of carbonyl (C=O) groups is 1. The number of nitrogens with two attached hydrogens (primary N) is 1. The number of aryl methyl sites for hydroxylation is 1. The number of rotatable bonds is 6. The molecule has 0 unspecified atom stereocenters. The highest BCUT2D eigenvalue weighted by Gasteiger charge is 2.35. The lowest BCUT2D eigenvalue weighted by atomic mass is 9.81. The molecule has 4 nitrogen and oxygen atoms in total. The normalized spacial score (nSPS) is 11.4. The van der Waals surface area contributed by atoms with Crippen molar-refractivity contribution in [3.05, 3.63) is 29.6 Å². The molecule has 0 aromatic carbocycles. The van der Waals surface area contributed by atoms with Gasteiger partial charge in [0.25, 0.3) is 0 Å². The molecule has 1 amide bonds. The van der Waals surface area contributed by atoms with E-state index in [4.69, 9.17) is 5.73 Å². The second-order valence-electron chi connectivity index (χ2n) is 5.12. The summed E-state index contributed by atoms with van der Waals surface area (Å²) >= 11 is 0. The molecule has 0 fully saturated rings. The Hall–Kier alpha value is -1.42. The van der Waals surface area contributed by atoms with Gasteiger partial charge in [-0.15, -0.1) is 0 Å². The van der Waals surface area contributed by atoms with E-state index in [0.717, 1.165) is 24.2 Å². The lowest BCUT2D eigenvalue weighted by molar-refractivity contribution is -0.141. The Balaban J connectivity index is 2.82. The summed E-state index contributed by atoms with van der Waals surface area (Å²) in [5, 5.41) is 0. The van der Waals surface area contributed by atoms with Crippen molar-refractivity contribution < 1.29 is 4.79 Å². The van der Waals surface area contributed by atoms with E-state index in [1.807, 2.05) is 46.0 Å². The van der Waals surface area contributed by atoms with Gasteiger partial charge >= 0.3 is 0 Å². The molecule has 0 radical (unpaired) electrons. The molecule has 4 heteroatoms. The summed E-state index contributed by atoms with van der Waals surface area (Å²) in [6, 6.07) is 5.86. The fraction of sp³-hybridized carbons (Fsp3) is 0.600. The van der Waals surface area contributed by atoms with E-state index in [9.17, 15) is 4.79 Å². The highest BCUT2D eigenvalue weighted by molar-refractivity contribution is 5.82. The van der Waals surface area contributed by atoms with Gasteiger partial charge in [-0.05, 0) is 31.9 Å². The minimum Gasteiger partial charge on any atom is -0.339 e. The Morgan fingerprint density at radius 2 is 2.00 bits per heavy atom. The van der Waals surface area contributed by atoms with Crippen molar-refractivity contribution in [2.75, 3.05) is 13.6 Å². The van der Waals surface area contributed by atoms with Gasteiger partial charge in [-0.3, -0.25) is 9.78 Å². The SMILES string of the molecule is CCC(CC)(CN)C(=O)N(C)Cc1cccc(C)n1. The molecule has 1 heterocycles. The van der Waals surface area contributed by atoms with Gasteiger partial charge in [0.15, 0.2) is 0 Å². The van der Waals surface area contributed by atoms with Gasteiger partial charge in [-0.1, -0.05) is 19.9 Å². The van der Waals surface area contributed by atoms with Crippen LogP contribution >= 0.6 is 0 Å². The van der Waals surface area contributed by atoms with E-state index in [1.165, 1.54) is 0 Å². The summed E-state index contributed by atoms with van der Waals surface area (Å²) in [4.78, 5) is 18.7. The Morgan fingerprint density at radius 3 is 2.47 bits per heavy atom. The quantitative estimate of drug-likeness (QED) is 0.855. The zero-order chi connectivity index (χ0) is 14.5. The van der Waals surface area contributed by atoms with E-state index >= 15 is 0 Å². The summed E-state index contributed by atoms with van der Waals surface area (Å²) in [5.41, 5.74) is 7.27. The van der Waals surface area contributed by atoms with Crippen molar-refractivity contribution in [1.82, 2.24) is 9.88 Å². The summed E-state index contributed by atoms with van der Waals surface area (Å²) < 4.78 is 0. The number of aromatic nitrogens is 1. The van der Waals surface area contributed by atoms with E-state index in [0.29, 0.717) is 13.1 Å². The third kappa shape index (κ3) is 3.53. The van der Waals surface area contributed by atoms with Crippen molar-refractivity contribution in [2.45, 2.75) is 40.2 Å². The Bertz CT molecular complexity index is 419. The molecule has 0 spiro atoms. The molecular formula is C15H25N3O. The van der Waals surface area contributed by atoms with E-state index in [-0.39, 0.29) is 5.91 Å². The molecule has 1 aromatic rings. The Morgan fingerprint density at radius 1 is 1.37 bits per heavy atom. The molecule has 1 aromatic heterocycles. The van der Waals surface area contributed by atoms with Gasteiger partial charge in [0.05, 0.1) is 17.7 Å². The standard InChI is InChI=1S/C15H25N3O/c1-5-15(6-2,11-16)14(19)18(4)10-13-9-7-8-12(3)17-13/h7-9H,5-6,10-11,16H2,1-4H3. The minimum absolute atomic E-state index is 0.114. The highest BCUT2D eigenvalue weighted by Crippen LogP contribution is 2.27. The van der Waals surface area contributed by atoms with Crippen LogP contribution in [-0.2, 0) is 11.3 Å². The van der Waals surface area contributed by atoms with Crippen LogP contribution < -0.4 is 5.73 Å². The zero-order valence-electron chi connectivity index (χ0n) is 12.4. The second kappa shape index (κ2) is 6.66. The van der Waals surface area contributed by atoms with Crippen LogP contribution in [0.3, 0.4) is 0 Å². The number of nitrogens with zero attached hydrogens (tertiary/aromatic N) is 2. The van der Waals surface area contributed by atoms with E-state index in [1.54, 1.807) is 4.90 Å². The van der Waals surface area contributed by atoms with Crippen molar-refractivity contribution >= 4 is 5.91 Å². The number of amides is 1. The van der Waals surface area contributed by atoms with Gasteiger partial charge in [0, 0.05) is 19.3 Å². The summed E-state index contributed by atoms with van der Waals surface area (Å²) in [5.74, 6) is 0.114. The van der Waals surface area contributed by atoms with Crippen LogP contribution in [0.5, 0.6) is 0 Å². The molecule has 0 saturated carbocycles. The molecule has 106 valence electrons. The maximum absolute atomic E-state index is 12.6. The zero-order valence-corrected chi connectivity index (χ0v) is 12.4. The molecular weight excluding hydrogens is 238 g/mol. The Labute approximate surface area is 116 Å². The molecule has 1 rings (SSSR count). The minimum atomic E-state index is -0.432. The van der Waals surface area contributed by atoms with Crippen molar-refractivity contribution in [1.29, 1.82) is 0 Å². The molecule has 0 atom stereocenters. The van der Waals surface area contributed by atoms with Crippen molar-refractivity contribution in [3.8, 4) is 0 Å². The number of pyridine rings is 1. The fourth-order valence-corrected chi connectivity index (χ4v) is 2.34. The maximum Gasteiger partial charge on any atom is 0.230 e. The van der Waals surface area contributed by atoms with Crippen LogP contribution in [0.15, 0.2) is 18.2 Å². The van der Waals surface area contributed by atoms with Gasteiger partial charge < -0.3 is 10.6 Å². The molecule has 0 aliphatic heterocycles. The first kappa shape index (κ1) is 15.6. The number of hydrogen-bond acceptors (Lipinski definition) is 3. The first-order chi connectivity index (χ1) is 8.99. The molecule has 2 N–H and O–H groups in total. The topological polar surface area (TPSA) is 59.2 Å². The fourth-order valence-electron chi connectivity index (χ4n) is 2.34. The van der Waals surface area contributed by atoms with Crippen LogP contribution in [0.1, 0.15) is 38.1 Å². The van der Waals surface area contributed by atoms with Crippen molar-refractivity contribution in [2.24, 2.45) is 11.1 Å². The predicted molar refractivity (Wildman–Crippen MR) is 77.5 cm³/mol. The first-order valence-corrected chi connectivity index (χ1v) is 6.87. The van der Waals surface area contributed by atoms with Crippen LogP contribution in [0.2, 0.25) is 0 Å². The number of carbonyl (C=O) groups excluding carboxylic acids is 1. The third-order valence-electron chi connectivity index (χ3n) is 3.89. The van der Waals surface area contributed by atoms with Gasteiger partial charge in [0.1, 0.15) is 0 Å². The summed E-state index contributed by atoms with van der Waals surface area (Å²) in [6.07, 6.45) is 1.54. The molecule has 0 aliphatic rings. The van der Waals surface area contributed by atoms with Crippen LogP contribution in [0.4, 0.5) is 0 Å². The van der Waals surface area contributed by atoms with Crippen molar-refractivity contribution in [3.63, 3.8) is 0 Å². The summed E-state index contributed by atoms with van der Waals surface area (Å²) in [7, 11) is 1.82. The average Bonchev–Trinajstić information content (AvgIpc) is 2.41. The molecule has 0 bridgehead atoms. The number of hydrogen-bond donors (Lipinski definition) is 1. The second-order valence-corrected chi connectivity index (χ2v) is 5.12. The van der Waals surface area contributed by atoms with Crippen LogP contribution in [-0.4, -0.2) is 29.4 Å². The van der Waals surface area contributed by atoms with Crippen LogP contribution in [0, 0.1) is 12.3 Å². The van der Waals surface area contributed by atoms with Gasteiger partial charge in [0.2, 0.25) is 5.91 Å². The Kier molecular flexibility index (Phi) is 5.48. The van der Waals surface area contributed by atoms with Crippen LogP contribution in [0.25, 0.3) is 0 Å². The largest absolute Gasteiger partial charge is 0.339 e. The first-order valence-electron chi connectivity index (χ1n) is 6.87. The smallest absolute Gasteiger partial charge is 0.230 e. The molecule has 19 heavy (non-hydrogen) atoms. The van der Waals surface area contributed by atoms with E-state index < -0.39 is 5.41 Å². The lowest BCUT2D eigenvalue weighted by Gasteiger charge is -2.33. The highest BCUT2D eigenvalue weighted by atomic mass is 16.2. The summed E-state index contributed by atoms with van der Waals surface area (Å²) in [6.45, 7) is 6.92. The maximum atomic E-state index is 12.6. The lowest BCUT2D eigenvalue weighted by Crippen LogP contribution is -2.45. The average molecular weight is 263 g/mol. The molecule has 0 saturated heterocycles. The van der Waals surface area contributed by atoms with E-state index in [2.05, 4.69) is 4.98 Å². The predicted octanol–water partition coefficient (Wildman–Crippen LogP) is 2.11. The molecule has 0 aliphatic carbocycles. The monoisotopic (exact) mass is 263 g/mol.